The van der Waals surface area contributed by atoms with Crippen molar-refractivity contribution in [2.24, 2.45) is 16.7 Å². The van der Waals surface area contributed by atoms with Gasteiger partial charge in [-0.1, -0.05) is 29.3 Å². The van der Waals surface area contributed by atoms with E-state index in [9.17, 15) is 9.18 Å². The van der Waals surface area contributed by atoms with Crippen LogP contribution in [-0.4, -0.2) is 42.5 Å². The second-order valence-corrected chi connectivity index (χ2v) is 6.65. The number of rotatable bonds is 7. The molecule has 1 heterocycles. The third kappa shape index (κ3) is 5.35. The molecule has 7 nitrogen and oxygen atoms in total. The molecular weight excluding hydrogens is 394 g/mol. The summed E-state index contributed by atoms with van der Waals surface area (Å²) in [5.41, 5.74) is 11.3. The fourth-order valence-corrected chi connectivity index (χ4v) is 3.12. The van der Waals surface area contributed by atoms with Crippen LogP contribution >= 0.6 is 23.2 Å². The first-order chi connectivity index (χ1) is 12.9. The lowest BCUT2D eigenvalue weighted by atomic mass is 10.1. The number of nitrogens with zero attached hydrogens (tertiary/aromatic N) is 3. The fourth-order valence-electron chi connectivity index (χ4n) is 2.72. The molecule has 0 bridgehead atoms. The normalized spacial score (nSPS) is 15.8. The Bertz CT molecular complexity index is 796. The molecule has 146 valence electrons. The van der Waals surface area contributed by atoms with Crippen LogP contribution in [0.4, 0.5) is 4.39 Å². The van der Waals surface area contributed by atoms with Crippen LogP contribution in [0.15, 0.2) is 45.4 Å². The highest BCUT2D eigenvalue weighted by Gasteiger charge is 2.23. The van der Waals surface area contributed by atoms with Gasteiger partial charge in [-0.05, 0) is 17.7 Å². The van der Waals surface area contributed by atoms with Gasteiger partial charge in [-0.3, -0.25) is 4.79 Å². The fraction of sp³-hybridized carbons (Fsp3) is 0.294. The zero-order valence-electron chi connectivity index (χ0n) is 14.8. The Labute approximate surface area is 167 Å². The molecule has 1 aromatic carbocycles. The van der Waals surface area contributed by atoms with Gasteiger partial charge in [0.15, 0.2) is 6.29 Å². The number of nitrogens with two attached hydrogens (primary N) is 2. The zero-order valence-corrected chi connectivity index (χ0v) is 16.3. The summed E-state index contributed by atoms with van der Waals surface area (Å²) in [7, 11) is 1.64. The van der Waals surface area contributed by atoms with Crippen LogP contribution in [0, 0.1) is 5.82 Å². The lowest BCUT2D eigenvalue weighted by molar-refractivity contribution is -0.104. The Morgan fingerprint density at radius 2 is 2.26 bits per heavy atom. The van der Waals surface area contributed by atoms with Crippen LogP contribution in [0.1, 0.15) is 12.0 Å². The standard InChI is InChI=1S/C17H21Cl2FN6O/c1-23-24-7-17(14(19)10-27)25-5-4-16(15(21)9-25)26(22)8-11-2-3-12(20)6-13(11)18/h2-3,6-7,10,23H,4-5,8-9,21-22H2,1H3/b17-14-,24-7-. The molecule has 0 spiro atoms. The van der Waals surface area contributed by atoms with E-state index in [-0.39, 0.29) is 11.6 Å². The van der Waals surface area contributed by atoms with Crippen molar-refractivity contribution in [1.29, 1.82) is 0 Å². The summed E-state index contributed by atoms with van der Waals surface area (Å²) < 4.78 is 13.2. The average Bonchev–Trinajstić information content (AvgIpc) is 2.64. The summed E-state index contributed by atoms with van der Waals surface area (Å²) in [6.07, 6.45) is 2.55. The molecule has 1 aliphatic heterocycles. The summed E-state index contributed by atoms with van der Waals surface area (Å²) in [6.45, 7) is 1.15. The van der Waals surface area contributed by atoms with E-state index in [0.717, 1.165) is 5.70 Å². The van der Waals surface area contributed by atoms with E-state index in [0.29, 0.717) is 47.8 Å². The van der Waals surface area contributed by atoms with Crippen molar-refractivity contribution in [3.63, 3.8) is 0 Å². The van der Waals surface area contributed by atoms with Gasteiger partial charge in [0.05, 0.1) is 30.7 Å². The summed E-state index contributed by atoms with van der Waals surface area (Å²) in [4.78, 5) is 12.9. The van der Waals surface area contributed by atoms with Crippen LogP contribution in [0.3, 0.4) is 0 Å². The first kappa shape index (κ1) is 21.0. The summed E-state index contributed by atoms with van der Waals surface area (Å²) in [6, 6.07) is 4.15. The number of hydrogen-bond acceptors (Lipinski definition) is 7. The Balaban J connectivity index is 2.17. The van der Waals surface area contributed by atoms with Gasteiger partial charge in [0.2, 0.25) is 0 Å². The van der Waals surface area contributed by atoms with Gasteiger partial charge < -0.3 is 21.1 Å². The van der Waals surface area contributed by atoms with E-state index in [1.807, 2.05) is 4.90 Å². The molecule has 2 rings (SSSR count). The molecule has 10 heteroatoms. The summed E-state index contributed by atoms with van der Waals surface area (Å²) >= 11 is 12.1. The van der Waals surface area contributed by atoms with Crippen molar-refractivity contribution < 1.29 is 9.18 Å². The number of allylic oxidation sites excluding steroid dienone is 2. The van der Waals surface area contributed by atoms with E-state index in [1.54, 1.807) is 13.1 Å². The van der Waals surface area contributed by atoms with Gasteiger partial charge in [-0.15, -0.1) is 0 Å². The number of carbonyl (C=O) groups excluding carboxylic acids is 1. The van der Waals surface area contributed by atoms with Crippen molar-refractivity contribution in [2.45, 2.75) is 13.0 Å². The number of hydrazone groups is 1. The van der Waals surface area contributed by atoms with E-state index < -0.39 is 5.82 Å². The first-order valence-corrected chi connectivity index (χ1v) is 8.86. The molecule has 0 aliphatic carbocycles. The molecule has 0 aromatic heterocycles. The highest BCUT2D eigenvalue weighted by molar-refractivity contribution is 6.40. The number of carbonyl (C=O) groups is 1. The minimum Gasteiger partial charge on any atom is -0.399 e. The molecule has 5 N–H and O–H groups in total. The van der Waals surface area contributed by atoms with Gasteiger partial charge in [0.25, 0.3) is 0 Å². The minimum atomic E-state index is -0.408. The minimum absolute atomic E-state index is 0.0351. The van der Waals surface area contributed by atoms with Crippen molar-refractivity contribution in [3.8, 4) is 0 Å². The third-order valence-corrected chi connectivity index (χ3v) is 4.69. The molecule has 1 aliphatic rings. The highest BCUT2D eigenvalue weighted by Crippen LogP contribution is 2.24. The third-order valence-electron chi connectivity index (χ3n) is 4.06. The molecule has 27 heavy (non-hydrogen) atoms. The molecule has 1 aromatic rings. The molecule has 0 unspecified atom stereocenters. The SMILES string of the molecule is CN/N=C\C(=C(\Cl)C=O)N1CCC(N(N)Cc2ccc(F)cc2Cl)=C(N)C1. The molecule has 0 atom stereocenters. The first-order valence-electron chi connectivity index (χ1n) is 8.10. The monoisotopic (exact) mass is 414 g/mol. The Hall–Kier alpha value is -2.29. The maximum absolute atomic E-state index is 13.2. The highest BCUT2D eigenvalue weighted by atomic mass is 35.5. The number of hydrazine groups is 1. The Kier molecular flexibility index (Phi) is 7.46. The van der Waals surface area contributed by atoms with Crippen LogP contribution < -0.4 is 17.0 Å². The number of hydrogen-bond donors (Lipinski definition) is 3. The van der Waals surface area contributed by atoms with Crippen molar-refractivity contribution in [2.75, 3.05) is 20.1 Å². The van der Waals surface area contributed by atoms with E-state index >= 15 is 0 Å². The van der Waals surface area contributed by atoms with Crippen molar-refractivity contribution in [1.82, 2.24) is 15.3 Å². The second kappa shape index (κ2) is 9.59. The number of aldehydes is 1. The summed E-state index contributed by atoms with van der Waals surface area (Å²) in [5, 5.41) is 5.75. The van der Waals surface area contributed by atoms with E-state index in [2.05, 4.69) is 10.5 Å². The van der Waals surface area contributed by atoms with Crippen molar-refractivity contribution >= 4 is 35.7 Å². The lowest BCUT2D eigenvalue weighted by Crippen LogP contribution is -2.41. The number of benzene rings is 1. The van der Waals surface area contributed by atoms with Gasteiger partial charge in [0, 0.05) is 30.7 Å². The molecule has 0 radical (unpaired) electrons. The van der Waals surface area contributed by atoms with Gasteiger partial charge in [-0.2, -0.15) is 5.10 Å². The largest absolute Gasteiger partial charge is 0.399 e. The van der Waals surface area contributed by atoms with E-state index in [1.165, 1.54) is 23.4 Å². The molecule has 0 saturated heterocycles. The van der Waals surface area contributed by atoms with E-state index in [4.69, 9.17) is 34.8 Å². The molecule has 0 fully saturated rings. The molecular formula is C17H21Cl2FN6O. The number of halogens is 3. The summed E-state index contributed by atoms with van der Waals surface area (Å²) in [5.74, 6) is 5.75. The average molecular weight is 415 g/mol. The number of nitrogens with one attached hydrogen (secondary N) is 1. The quantitative estimate of drug-likeness (QED) is 0.207. The Morgan fingerprint density at radius 1 is 1.52 bits per heavy atom. The Morgan fingerprint density at radius 3 is 2.85 bits per heavy atom. The second-order valence-electron chi connectivity index (χ2n) is 5.84. The van der Waals surface area contributed by atoms with Gasteiger partial charge in [-0.25, -0.2) is 10.2 Å². The zero-order chi connectivity index (χ0) is 20.0. The smallest absolute Gasteiger partial charge is 0.163 e. The maximum Gasteiger partial charge on any atom is 0.163 e. The van der Waals surface area contributed by atoms with Crippen LogP contribution in [0.25, 0.3) is 0 Å². The molecule has 0 amide bonds. The predicted molar refractivity (Wildman–Crippen MR) is 105 cm³/mol. The molecule has 0 saturated carbocycles. The van der Waals surface area contributed by atoms with Gasteiger partial charge >= 0.3 is 0 Å². The predicted octanol–water partition coefficient (Wildman–Crippen LogP) is 1.89. The lowest BCUT2D eigenvalue weighted by Gasteiger charge is -2.35. The van der Waals surface area contributed by atoms with Crippen LogP contribution in [0.5, 0.6) is 0 Å². The topological polar surface area (TPSA) is 100.0 Å². The van der Waals surface area contributed by atoms with Crippen LogP contribution in [0.2, 0.25) is 5.02 Å². The van der Waals surface area contributed by atoms with Crippen LogP contribution in [-0.2, 0) is 11.3 Å². The van der Waals surface area contributed by atoms with Gasteiger partial charge in [0.1, 0.15) is 10.8 Å². The van der Waals surface area contributed by atoms with Crippen molar-refractivity contribution in [3.05, 3.63) is 56.7 Å². The maximum atomic E-state index is 13.2.